The van der Waals surface area contributed by atoms with Crippen LogP contribution in [0.4, 0.5) is 0 Å². The molecule has 0 radical (unpaired) electrons. The number of methoxy groups -OCH3 is 2. The Labute approximate surface area is 243 Å². The molecule has 4 heterocycles. The maximum Gasteiger partial charge on any atom is 0.348 e. The SMILES string of the molecule is COC(=O)c1cc2c(s1)CCN(C(=O)CCc1ccc3c(=O)c4c(nnn4C(OC)c4ccccc4)c(=O)[nH]c3c1)C2. The van der Waals surface area contributed by atoms with Gasteiger partial charge in [-0.25, -0.2) is 9.48 Å². The normalized spacial score (nSPS) is 13.7. The van der Waals surface area contributed by atoms with E-state index in [0.717, 1.165) is 21.6 Å². The van der Waals surface area contributed by atoms with E-state index in [1.54, 1.807) is 29.2 Å². The minimum atomic E-state index is -0.752. The molecule has 0 aliphatic carbocycles. The molecule has 11 nitrogen and oxygen atoms in total. The van der Waals surface area contributed by atoms with Gasteiger partial charge in [0.15, 0.2) is 11.7 Å². The van der Waals surface area contributed by atoms with Gasteiger partial charge in [-0.05, 0) is 42.2 Å². The molecule has 2 aromatic carbocycles. The number of hydrogen-bond donors (Lipinski definition) is 1. The zero-order valence-corrected chi connectivity index (χ0v) is 23.8. The number of carbonyl (C=O) groups is 2. The number of thiophene rings is 1. The molecule has 1 unspecified atom stereocenters. The lowest BCUT2D eigenvalue weighted by atomic mass is 10.0. The molecule has 0 saturated heterocycles. The lowest BCUT2D eigenvalue weighted by molar-refractivity contribution is -0.132. The Balaban J connectivity index is 1.25. The van der Waals surface area contributed by atoms with Crippen LogP contribution in [0.15, 0.2) is 64.2 Å². The fourth-order valence-electron chi connectivity index (χ4n) is 5.33. The highest BCUT2D eigenvalue weighted by atomic mass is 32.1. The number of nitrogens with one attached hydrogen (secondary N) is 1. The van der Waals surface area contributed by atoms with E-state index in [1.165, 1.54) is 30.2 Å². The minimum Gasteiger partial charge on any atom is -0.465 e. The smallest absolute Gasteiger partial charge is 0.348 e. The van der Waals surface area contributed by atoms with Gasteiger partial charge in [0.2, 0.25) is 11.3 Å². The highest BCUT2D eigenvalue weighted by Gasteiger charge is 2.25. The summed E-state index contributed by atoms with van der Waals surface area (Å²) in [5.74, 6) is -0.378. The Bertz CT molecular complexity index is 1950. The Hall–Kier alpha value is -4.68. The molecule has 3 aromatic heterocycles. The van der Waals surface area contributed by atoms with Crippen LogP contribution in [0.3, 0.4) is 0 Å². The van der Waals surface area contributed by atoms with Crippen molar-refractivity contribution >= 4 is 45.1 Å². The Morgan fingerprint density at radius 2 is 1.90 bits per heavy atom. The van der Waals surface area contributed by atoms with E-state index in [-0.39, 0.29) is 29.3 Å². The zero-order valence-electron chi connectivity index (χ0n) is 23.0. The number of carbonyl (C=O) groups excluding carboxylic acids is 2. The summed E-state index contributed by atoms with van der Waals surface area (Å²) < 4.78 is 11.8. The van der Waals surface area contributed by atoms with Gasteiger partial charge in [-0.2, -0.15) is 0 Å². The molecule has 1 aliphatic rings. The van der Waals surface area contributed by atoms with E-state index in [9.17, 15) is 19.2 Å². The first-order valence-corrected chi connectivity index (χ1v) is 14.2. The van der Waals surface area contributed by atoms with Crippen LogP contribution >= 0.6 is 11.3 Å². The van der Waals surface area contributed by atoms with Crippen molar-refractivity contribution in [3.05, 3.63) is 102 Å². The van der Waals surface area contributed by atoms with Crippen LogP contribution < -0.4 is 11.0 Å². The number of H-pyrrole nitrogens is 1. The zero-order chi connectivity index (χ0) is 29.4. The van der Waals surface area contributed by atoms with E-state index in [2.05, 4.69) is 15.3 Å². The predicted molar refractivity (Wildman–Crippen MR) is 157 cm³/mol. The molecule has 214 valence electrons. The van der Waals surface area contributed by atoms with E-state index >= 15 is 0 Å². The van der Waals surface area contributed by atoms with Crippen LogP contribution in [0.5, 0.6) is 0 Å². The molecule has 1 atom stereocenters. The van der Waals surface area contributed by atoms with Gasteiger partial charge in [0, 0.05) is 42.4 Å². The monoisotopic (exact) mass is 585 g/mol. The van der Waals surface area contributed by atoms with Gasteiger partial charge in [0.1, 0.15) is 10.4 Å². The first kappa shape index (κ1) is 27.5. The van der Waals surface area contributed by atoms with E-state index in [4.69, 9.17) is 9.47 Å². The van der Waals surface area contributed by atoms with Crippen LogP contribution in [-0.4, -0.2) is 57.5 Å². The standard InChI is InChI=1S/C30H27N5O6S/c1-40-29(18-6-4-3-5-7-18)35-26-25(32-33-35)28(38)31-21-14-17(8-10-20(21)27(26)37)9-11-24(36)34-13-12-22-19(16-34)15-23(42-22)30(39)41-2/h3-8,10,14-15,29H,9,11-13,16H2,1-2H3,(H,31,38). The third kappa shape index (κ3) is 4.99. The van der Waals surface area contributed by atoms with Gasteiger partial charge in [-0.1, -0.05) is 41.6 Å². The summed E-state index contributed by atoms with van der Waals surface area (Å²) >= 11 is 1.41. The van der Waals surface area contributed by atoms with Crippen molar-refractivity contribution in [2.45, 2.75) is 32.0 Å². The molecule has 6 rings (SSSR count). The van der Waals surface area contributed by atoms with E-state index < -0.39 is 17.2 Å². The van der Waals surface area contributed by atoms with Gasteiger partial charge in [0.25, 0.3) is 5.56 Å². The number of benzene rings is 2. The topological polar surface area (TPSA) is 136 Å². The lowest BCUT2D eigenvalue weighted by Gasteiger charge is -2.27. The van der Waals surface area contributed by atoms with Crippen molar-refractivity contribution in [1.29, 1.82) is 0 Å². The number of aryl methyl sites for hydroxylation is 1. The van der Waals surface area contributed by atoms with Crippen molar-refractivity contribution in [2.24, 2.45) is 0 Å². The molecule has 42 heavy (non-hydrogen) atoms. The van der Waals surface area contributed by atoms with Gasteiger partial charge in [0.05, 0.1) is 12.6 Å². The molecule has 0 spiro atoms. The molecule has 1 aliphatic heterocycles. The van der Waals surface area contributed by atoms with Gasteiger partial charge >= 0.3 is 5.97 Å². The summed E-state index contributed by atoms with van der Waals surface area (Å²) in [6, 6.07) is 16.2. The fraction of sp³-hybridized carbons (Fsp3) is 0.267. The fourth-order valence-corrected chi connectivity index (χ4v) is 6.41. The van der Waals surface area contributed by atoms with Crippen LogP contribution in [0.1, 0.15) is 43.9 Å². The average Bonchev–Trinajstić information content (AvgIpc) is 3.62. The number of nitrogens with zero attached hydrogens (tertiary/aromatic N) is 4. The third-order valence-electron chi connectivity index (χ3n) is 7.47. The number of aromatic nitrogens is 4. The molecule has 0 bridgehead atoms. The third-order valence-corrected chi connectivity index (χ3v) is 8.68. The molecule has 12 heteroatoms. The first-order chi connectivity index (χ1) is 20.4. The number of fused-ring (bicyclic) bond motifs is 3. The number of amides is 1. The second-order valence-corrected chi connectivity index (χ2v) is 11.1. The van der Waals surface area contributed by atoms with Crippen LogP contribution in [0.25, 0.3) is 21.9 Å². The molecule has 5 aromatic rings. The van der Waals surface area contributed by atoms with Gasteiger partial charge in [-0.3, -0.25) is 14.4 Å². The quantitative estimate of drug-likeness (QED) is 0.288. The maximum atomic E-state index is 13.7. The number of hydrogen-bond acceptors (Lipinski definition) is 9. The lowest BCUT2D eigenvalue weighted by Crippen LogP contribution is -2.35. The second-order valence-electron chi connectivity index (χ2n) is 10.0. The highest BCUT2D eigenvalue weighted by molar-refractivity contribution is 7.14. The number of rotatable bonds is 7. The van der Waals surface area contributed by atoms with Crippen molar-refractivity contribution < 1.29 is 19.1 Å². The molecule has 1 N–H and O–H groups in total. The summed E-state index contributed by atoms with van der Waals surface area (Å²) in [6.45, 7) is 1.03. The van der Waals surface area contributed by atoms with Crippen molar-refractivity contribution in [2.75, 3.05) is 20.8 Å². The first-order valence-electron chi connectivity index (χ1n) is 13.4. The summed E-state index contributed by atoms with van der Waals surface area (Å²) in [6.07, 6.45) is 0.622. The maximum absolute atomic E-state index is 13.7. The molecular weight excluding hydrogens is 558 g/mol. The summed E-state index contributed by atoms with van der Waals surface area (Å²) in [5, 5.41) is 8.41. The average molecular weight is 586 g/mol. The van der Waals surface area contributed by atoms with Crippen molar-refractivity contribution in [1.82, 2.24) is 24.9 Å². The number of aromatic amines is 1. The Morgan fingerprint density at radius 1 is 1.10 bits per heavy atom. The summed E-state index contributed by atoms with van der Waals surface area (Å²) in [4.78, 5) is 58.0. The van der Waals surface area contributed by atoms with Crippen LogP contribution in [-0.2, 0) is 33.7 Å². The van der Waals surface area contributed by atoms with Crippen LogP contribution in [0, 0.1) is 0 Å². The van der Waals surface area contributed by atoms with Gasteiger partial charge in [-0.15, -0.1) is 16.4 Å². The van der Waals surface area contributed by atoms with Crippen molar-refractivity contribution in [3.63, 3.8) is 0 Å². The van der Waals surface area contributed by atoms with Crippen LogP contribution in [0.2, 0.25) is 0 Å². The Morgan fingerprint density at radius 3 is 2.67 bits per heavy atom. The van der Waals surface area contributed by atoms with Gasteiger partial charge < -0.3 is 19.4 Å². The minimum absolute atomic E-state index is 0.00950. The molecule has 0 saturated carbocycles. The largest absolute Gasteiger partial charge is 0.465 e. The highest BCUT2D eigenvalue weighted by Crippen LogP contribution is 2.29. The second kappa shape index (κ2) is 11.3. The van der Waals surface area contributed by atoms with Crippen molar-refractivity contribution in [3.8, 4) is 0 Å². The Kier molecular flexibility index (Phi) is 7.40. The predicted octanol–water partition coefficient (Wildman–Crippen LogP) is 3.19. The van der Waals surface area contributed by atoms with E-state index in [0.29, 0.717) is 41.7 Å². The summed E-state index contributed by atoms with van der Waals surface area (Å²) in [5.41, 5.74) is 1.87. The number of esters is 1. The molecule has 1 amide bonds. The molecular formula is C30H27N5O6S. The number of ether oxygens (including phenoxy) is 2. The summed E-state index contributed by atoms with van der Waals surface area (Å²) in [7, 11) is 2.85. The molecule has 0 fully saturated rings. The van der Waals surface area contributed by atoms with E-state index in [1.807, 2.05) is 30.3 Å².